The number of nitrogens with zero attached hydrogens (tertiary/aromatic N) is 1. The predicted molar refractivity (Wildman–Crippen MR) is 140 cm³/mol. The molecule has 3 aromatic rings. The predicted octanol–water partition coefficient (Wildman–Crippen LogP) is 3.59. The number of sulfonamides is 1. The van der Waals surface area contributed by atoms with Gasteiger partial charge in [0.1, 0.15) is 12.0 Å². The van der Waals surface area contributed by atoms with Crippen LogP contribution in [0.1, 0.15) is 17.3 Å². The van der Waals surface area contributed by atoms with E-state index >= 15 is 0 Å². The largest absolute Gasteiger partial charge is 0.372 e. The molecule has 0 bridgehead atoms. The molecular formula is C22H24ClFN4O5S3. The second-order valence-electron chi connectivity index (χ2n) is 8.37. The minimum absolute atomic E-state index is 0.123. The Bertz CT molecular complexity index is 1470. The SMILES string of the molecule is CN1[C@@H](C(O)Nc2ccc(F)c(Cl)c2)C[C@@H](c2ccc(-c3ccc(NS(C)(=O)=O)cc3)s2)NS1(=O)=O. The highest BCUT2D eigenvalue weighted by Crippen LogP contribution is 2.37. The second kappa shape index (κ2) is 10.2. The van der Waals surface area contributed by atoms with Gasteiger partial charge >= 0.3 is 0 Å². The van der Waals surface area contributed by atoms with Crippen LogP contribution < -0.4 is 14.8 Å². The number of halogens is 2. The Morgan fingerprint density at radius 3 is 2.47 bits per heavy atom. The van der Waals surface area contributed by atoms with E-state index in [1.165, 1.54) is 30.5 Å². The molecule has 1 saturated heterocycles. The maximum absolute atomic E-state index is 13.5. The third-order valence-corrected chi connectivity index (χ3v) is 9.41. The van der Waals surface area contributed by atoms with E-state index in [0.29, 0.717) is 11.4 Å². The minimum Gasteiger partial charge on any atom is -0.372 e. The van der Waals surface area contributed by atoms with E-state index in [1.54, 1.807) is 24.3 Å². The van der Waals surface area contributed by atoms with Crippen molar-refractivity contribution < 1.29 is 26.3 Å². The van der Waals surface area contributed by atoms with Gasteiger partial charge in [0.05, 0.1) is 23.4 Å². The summed E-state index contributed by atoms with van der Waals surface area (Å²) in [5, 5.41) is 13.5. The van der Waals surface area contributed by atoms with Crippen molar-refractivity contribution in [1.82, 2.24) is 9.03 Å². The fourth-order valence-electron chi connectivity index (χ4n) is 3.85. The summed E-state index contributed by atoms with van der Waals surface area (Å²) in [6, 6.07) is 13.0. The van der Waals surface area contributed by atoms with E-state index in [0.717, 1.165) is 31.9 Å². The van der Waals surface area contributed by atoms with E-state index in [2.05, 4.69) is 14.8 Å². The van der Waals surface area contributed by atoms with Crippen LogP contribution in [0, 0.1) is 5.82 Å². The lowest BCUT2D eigenvalue weighted by Gasteiger charge is -2.39. The molecule has 1 aromatic heterocycles. The molecule has 0 amide bonds. The Balaban J connectivity index is 1.53. The lowest BCUT2D eigenvalue weighted by Crippen LogP contribution is -2.57. The molecule has 4 N–H and O–H groups in total. The van der Waals surface area contributed by atoms with Crippen LogP contribution in [0.3, 0.4) is 0 Å². The highest BCUT2D eigenvalue weighted by Gasteiger charge is 2.41. The van der Waals surface area contributed by atoms with Gasteiger partial charge in [-0.1, -0.05) is 23.7 Å². The summed E-state index contributed by atoms with van der Waals surface area (Å²) < 4.78 is 68.0. The van der Waals surface area contributed by atoms with Crippen molar-refractivity contribution in [2.75, 3.05) is 23.3 Å². The van der Waals surface area contributed by atoms with E-state index in [4.69, 9.17) is 11.6 Å². The molecule has 14 heteroatoms. The van der Waals surface area contributed by atoms with Gasteiger partial charge in [0.2, 0.25) is 10.0 Å². The van der Waals surface area contributed by atoms with Crippen LogP contribution in [0.15, 0.2) is 54.6 Å². The highest BCUT2D eigenvalue weighted by atomic mass is 35.5. The number of thiophene rings is 1. The molecule has 2 aromatic carbocycles. The molecule has 9 nitrogen and oxygen atoms in total. The molecule has 1 unspecified atom stereocenters. The zero-order chi connectivity index (χ0) is 26.3. The Morgan fingerprint density at radius 2 is 1.83 bits per heavy atom. The molecule has 1 fully saturated rings. The molecule has 36 heavy (non-hydrogen) atoms. The maximum atomic E-state index is 13.5. The zero-order valence-electron chi connectivity index (χ0n) is 19.1. The number of aliphatic hydroxyl groups is 1. The first kappa shape index (κ1) is 26.8. The number of hydrogen-bond donors (Lipinski definition) is 4. The Labute approximate surface area is 218 Å². The molecule has 2 heterocycles. The molecule has 194 valence electrons. The van der Waals surface area contributed by atoms with Crippen molar-refractivity contribution in [1.29, 1.82) is 0 Å². The van der Waals surface area contributed by atoms with E-state index in [1.807, 2.05) is 12.1 Å². The summed E-state index contributed by atoms with van der Waals surface area (Å²) in [6.07, 6.45) is 0.0461. The van der Waals surface area contributed by atoms with E-state index in [9.17, 15) is 26.3 Å². The van der Waals surface area contributed by atoms with Gasteiger partial charge < -0.3 is 10.4 Å². The van der Waals surface area contributed by atoms with Crippen molar-refractivity contribution in [2.45, 2.75) is 24.7 Å². The maximum Gasteiger partial charge on any atom is 0.280 e. The number of aliphatic hydroxyl groups excluding tert-OH is 1. The monoisotopic (exact) mass is 574 g/mol. The molecule has 4 rings (SSSR count). The third-order valence-electron chi connectivity index (χ3n) is 5.66. The van der Waals surface area contributed by atoms with E-state index < -0.39 is 44.4 Å². The Hall–Kier alpha value is -2.26. The average Bonchev–Trinajstić information content (AvgIpc) is 3.28. The van der Waals surface area contributed by atoms with Crippen molar-refractivity contribution in [3.8, 4) is 10.4 Å². The summed E-state index contributed by atoms with van der Waals surface area (Å²) in [4.78, 5) is 1.62. The quantitative estimate of drug-likeness (QED) is 0.319. The fraction of sp³-hybridized carbons (Fsp3) is 0.273. The summed E-state index contributed by atoms with van der Waals surface area (Å²) in [5.74, 6) is -0.604. The molecule has 0 saturated carbocycles. The molecule has 0 radical (unpaired) electrons. The number of likely N-dealkylation sites (N-methyl/N-ethyl adjacent to an activating group) is 1. The zero-order valence-corrected chi connectivity index (χ0v) is 22.3. The van der Waals surface area contributed by atoms with Crippen LogP contribution in [0.4, 0.5) is 15.8 Å². The standard InChI is InChI=1S/C22H24ClFN4O5S3/c1-28-19(22(29)25-15-7-8-17(24)16(23)11-15)12-18(27-36(28,32)33)21-10-9-20(34-21)13-3-5-14(6-4-13)26-35(2,30)31/h3-11,18-19,22,25-27,29H,12H2,1-2H3/t18-,19+,22?/m0/s1. The Kier molecular flexibility index (Phi) is 7.62. The van der Waals surface area contributed by atoms with Crippen LogP contribution in [0.5, 0.6) is 0 Å². The average molecular weight is 575 g/mol. The summed E-state index contributed by atoms with van der Waals surface area (Å²) in [5.41, 5.74) is 1.63. The van der Waals surface area contributed by atoms with Crippen LogP contribution >= 0.6 is 22.9 Å². The second-order valence-corrected chi connectivity index (χ2v) is 13.4. The van der Waals surface area contributed by atoms with Gasteiger partial charge in [-0.3, -0.25) is 4.72 Å². The number of benzene rings is 2. The van der Waals surface area contributed by atoms with Crippen LogP contribution in [0.2, 0.25) is 5.02 Å². The van der Waals surface area contributed by atoms with Crippen LogP contribution in [0.25, 0.3) is 10.4 Å². The molecular weight excluding hydrogens is 551 g/mol. The molecule has 3 atom stereocenters. The smallest absolute Gasteiger partial charge is 0.280 e. The van der Waals surface area contributed by atoms with Gasteiger partial charge in [0.25, 0.3) is 10.2 Å². The van der Waals surface area contributed by atoms with Crippen LogP contribution in [-0.2, 0) is 20.2 Å². The van der Waals surface area contributed by atoms with Gasteiger partial charge in [0.15, 0.2) is 0 Å². The van der Waals surface area contributed by atoms with Crippen molar-refractivity contribution >= 4 is 54.5 Å². The lowest BCUT2D eigenvalue weighted by atomic mass is 10.0. The van der Waals surface area contributed by atoms with Crippen LogP contribution in [-0.4, -0.2) is 51.8 Å². The fourth-order valence-corrected chi connectivity index (χ4v) is 7.05. The number of nitrogens with one attached hydrogen (secondary N) is 3. The Morgan fingerprint density at radius 1 is 1.17 bits per heavy atom. The number of hydrogen-bond acceptors (Lipinski definition) is 7. The number of anilines is 2. The van der Waals surface area contributed by atoms with Gasteiger partial charge in [-0.05, 0) is 54.4 Å². The summed E-state index contributed by atoms with van der Waals surface area (Å²) in [6.45, 7) is 0. The molecule has 0 aliphatic carbocycles. The van der Waals surface area contributed by atoms with Crippen molar-refractivity contribution in [3.05, 3.63) is 70.3 Å². The topological polar surface area (TPSA) is 128 Å². The lowest BCUT2D eigenvalue weighted by molar-refractivity contribution is 0.102. The first-order chi connectivity index (χ1) is 16.8. The van der Waals surface area contributed by atoms with E-state index in [-0.39, 0.29) is 11.4 Å². The first-order valence-corrected chi connectivity index (χ1v) is 15.2. The molecule has 1 aliphatic rings. The summed E-state index contributed by atoms with van der Waals surface area (Å²) >= 11 is 7.20. The molecule has 1 aliphatic heterocycles. The minimum atomic E-state index is -3.90. The third kappa shape index (κ3) is 6.17. The van der Waals surface area contributed by atoms with Gasteiger partial charge in [-0.2, -0.15) is 17.4 Å². The molecule has 0 spiro atoms. The van der Waals surface area contributed by atoms with Gasteiger partial charge in [-0.15, -0.1) is 11.3 Å². The highest BCUT2D eigenvalue weighted by molar-refractivity contribution is 7.92. The van der Waals surface area contributed by atoms with Gasteiger partial charge in [0, 0.05) is 28.2 Å². The normalized spacial score (nSPS) is 21.1. The van der Waals surface area contributed by atoms with Gasteiger partial charge in [-0.25, -0.2) is 12.8 Å². The first-order valence-electron chi connectivity index (χ1n) is 10.7. The van der Waals surface area contributed by atoms with Crippen molar-refractivity contribution in [2.24, 2.45) is 0 Å². The summed E-state index contributed by atoms with van der Waals surface area (Å²) in [7, 11) is -5.91. The number of rotatable bonds is 7. The van der Waals surface area contributed by atoms with Crippen molar-refractivity contribution in [3.63, 3.8) is 0 Å².